The Labute approximate surface area is 157 Å². The van der Waals surface area contributed by atoms with Crippen molar-refractivity contribution in [1.82, 2.24) is 25.0 Å². The van der Waals surface area contributed by atoms with E-state index in [1.165, 1.54) is 0 Å². The first kappa shape index (κ1) is 17.6. The van der Waals surface area contributed by atoms with Gasteiger partial charge in [0.2, 0.25) is 5.91 Å². The number of amides is 1. The van der Waals surface area contributed by atoms with Crippen LogP contribution < -0.4 is 5.32 Å². The molecule has 0 radical (unpaired) electrons. The number of ether oxygens (including phenoxy) is 1. The van der Waals surface area contributed by atoms with E-state index in [0.29, 0.717) is 19.8 Å². The van der Waals surface area contributed by atoms with Crippen LogP contribution in [0.4, 0.5) is 0 Å². The highest BCUT2D eigenvalue weighted by Gasteiger charge is 2.24. The topological polar surface area (TPSA) is 72.3 Å². The van der Waals surface area contributed by atoms with Crippen molar-refractivity contribution in [3.05, 3.63) is 60.6 Å². The standard InChI is InChI=1S/C20H23N5O2/c26-20(15-25-18-7-2-1-5-16(18)13-23-25)22-14-19(17-6-3-4-8-21-17)24-9-11-27-12-10-24/h1-8,13,19H,9-12,14-15H2,(H,22,26)/t19-/m1/s1. The number of nitrogens with zero attached hydrogens (tertiary/aromatic N) is 4. The minimum atomic E-state index is -0.0574. The Kier molecular flexibility index (Phi) is 5.41. The Morgan fingerprint density at radius 1 is 1.15 bits per heavy atom. The van der Waals surface area contributed by atoms with Crippen LogP contribution in [-0.4, -0.2) is 58.4 Å². The fourth-order valence-corrected chi connectivity index (χ4v) is 3.44. The largest absolute Gasteiger partial charge is 0.379 e. The third-order valence-electron chi connectivity index (χ3n) is 4.85. The molecule has 0 aliphatic carbocycles. The first-order valence-electron chi connectivity index (χ1n) is 9.21. The second-order valence-corrected chi connectivity index (χ2v) is 6.58. The van der Waals surface area contributed by atoms with Crippen LogP contribution in [0.3, 0.4) is 0 Å². The molecule has 7 heteroatoms. The molecule has 0 saturated carbocycles. The van der Waals surface area contributed by atoms with E-state index < -0.39 is 0 Å². The third-order valence-corrected chi connectivity index (χ3v) is 4.85. The molecule has 1 aliphatic rings. The number of hydrogen-bond acceptors (Lipinski definition) is 5. The van der Waals surface area contributed by atoms with Crippen LogP contribution in [0.2, 0.25) is 0 Å². The maximum atomic E-state index is 12.5. The number of para-hydroxylation sites is 1. The predicted molar refractivity (Wildman–Crippen MR) is 102 cm³/mol. The summed E-state index contributed by atoms with van der Waals surface area (Å²) in [6, 6.07) is 13.8. The van der Waals surface area contributed by atoms with Crippen molar-refractivity contribution in [1.29, 1.82) is 0 Å². The van der Waals surface area contributed by atoms with E-state index in [4.69, 9.17) is 4.74 Å². The first-order chi connectivity index (χ1) is 13.3. The highest BCUT2D eigenvalue weighted by Crippen LogP contribution is 2.19. The van der Waals surface area contributed by atoms with Crippen molar-refractivity contribution in [2.24, 2.45) is 0 Å². The zero-order valence-corrected chi connectivity index (χ0v) is 15.1. The molecule has 0 spiro atoms. The van der Waals surface area contributed by atoms with Gasteiger partial charge in [0.05, 0.1) is 36.7 Å². The second-order valence-electron chi connectivity index (χ2n) is 6.58. The molecule has 140 valence electrons. The van der Waals surface area contributed by atoms with Crippen molar-refractivity contribution in [2.75, 3.05) is 32.8 Å². The van der Waals surface area contributed by atoms with Crippen molar-refractivity contribution in [3.8, 4) is 0 Å². The van der Waals surface area contributed by atoms with Gasteiger partial charge in [0.25, 0.3) is 0 Å². The van der Waals surface area contributed by atoms with Crippen LogP contribution in [0.25, 0.3) is 10.9 Å². The van der Waals surface area contributed by atoms with Gasteiger partial charge in [-0.2, -0.15) is 5.10 Å². The Morgan fingerprint density at radius 2 is 1.96 bits per heavy atom. The summed E-state index contributed by atoms with van der Waals surface area (Å²) in [5.74, 6) is -0.0574. The van der Waals surface area contributed by atoms with Crippen LogP contribution in [0.1, 0.15) is 11.7 Å². The summed E-state index contributed by atoms with van der Waals surface area (Å²) in [5.41, 5.74) is 1.92. The van der Waals surface area contributed by atoms with Gasteiger partial charge in [0.1, 0.15) is 6.54 Å². The molecule has 1 aromatic carbocycles. The average Bonchev–Trinajstić information content (AvgIpc) is 3.13. The second kappa shape index (κ2) is 8.28. The fourth-order valence-electron chi connectivity index (χ4n) is 3.44. The van der Waals surface area contributed by atoms with Gasteiger partial charge in [-0.1, -0.05) is 24.3 Å². The molecule has 0 unspecified atom stereocenters. The number of aromatic nitrogens is 3. The zero-order valence-electron chi connectivity index (χ0n) is 15.1. The highest BCUT2D eigenvalue weighted by atomic mass is 16.5. The smallest absolute Gasteiger partial charge is 0.241 e. The van der Waals surface area contributed by atoms with Gasteiger partial charge in [-0.05, 0) is 18.2 Å². The Balaban J connectivity index is 1.43. The minimum absolute atomic E-state index is 0.0356. The summed E-state index contributed by atoms with van der Waals surface area (Å²) in [6.45, 7) is 3.79. The number of morpholine rings is 1. The molecule has 1 fully saturated rings. The highest BCUT2D eigenvalue weighted by molar-refractivity contribution is 5.81. The van der Waals surface area contributed by atoms with E-state index in [1.807, 2.05) is 42.5 Å². The van der Waals surface area contributed by atoms with Crippen LogP contribution >= 0.6 is 0 Å². The van der Waals surface area contributed by atoms with E-state index in [9.17, 15) is 4.79 Å². The number of hydrogen-bond donors (Lipinski definition) is 1. The first-order valence-corrected chi connectivity index (χ1v) is 9.21. The number of pyridine rings is 1. The molecule has 0 bridgehead atoms. The number of rotatable bonds is 6. The predicted octanol–water partition coefficient (Wildman–Crippen LogP) is 1.62. The molecule has 3 heterocycles. The van der Waals surface area contributed by atoms with Crippen molar-refractivity contribution in [2.45, 2.75) is 12.6 Å². The lowest BCUT2D eigenvalue weighted by Crippen LogP contribution is -2.44. The fraction of sp³-hybridized carbons (Fsp3) is 0.350. The van der Waals surface area contributed by atoms with Crippen LogP contribution in [0.15, 0.2) is 54.9 Å². The maximum Gasteiger partial charge on any atom is 0.241 e. The number of carbonyl (C=O) groups excluding carboxylic acids is 1. The van der Waals surface area contributed by atoms with E-state index in [2.05, 4.69) is 20.3 Å². The van der Waals surface area contributed by atoms with Gasteiger partial charge in [-0.15, -0.1) is 0 Å². The molecule has 1 N–H and O–H groups in total. The molecular weight excluding hydrogens is 342 g/mol. The molecule has 1 saturated heterocycles. The van der Waals surface area contributed by atoms with Crippen molar-refractivity contribution < 1.29 is 9.53 Å². The molecule has 4 rings (SSSR count). The van der Waals surface area contributed by atoms with Gasteiger partial charge >= 0.3 is 0 Å². The number of nitrogens with one attached hydrogen (secondary N) is 1. The Bertz CT molecular complexity index is 890. The normalized spacial score (nSPS) is 16.3. The number of benzene rings is 1. The van der Waals surface area contributed by atoms with Crippen molar-refractivity contribution in [3.63, 3.8) is 0 Å². The quantitative estimate of drug-likeness (QED) is 0.719. The molecule has 1 aliphatic heterocycles. The van der Waals surface area contributed by atoms with E-state index in [0.717, 1.165) is 29.7 Å². The monoisotopic (exact) mass is 365 g/mol. The summed E-state index contributed by atoms with van der Waals surface area (Å²) >= 11 is 0. The maximum absolute atomic E-state index is 12.5. The summed E-state index contributed by atoms with van der Waals surface area (Å²) in [5, 5.41) is 8.42. The van der Waals surface area contributed by atoms with E-state index in [1.54, 1.807) is 17.1 Å². The molecule has 3 aromatic rings. The van der Waals surface area contributed by atoms with Gasteiger partial charge in [-0.3, -0.25) is 19.4 Å². The summed E-state index contributed by atoms with van der Waals surface area (Å²) < 4.78 is 7.19. The summed E-state index contributed by atoms with van der Waals surface area (Å²) in [7, 11) is 0. The number of fused-ring (bicyclic) bond motifs is 1. The van der Waals surface area contributed by atoms with Crippen LogP contribution in [-0.2, 0) is 16.1 Å². The molecule has 27 heavy (non-hydrogen) atoms. The van der Waals surface area contributed by atoms with Gasteiger partial charge in [-0.25, -0.2) is 0 Å². The van der Waals surface area contributed by atoms with E-state index in [-0.39, 0.29) is 18.5 Å². The molecule has 1 atom stereocenters. The lowest BCUT2D eigenvalue weighted by Gasteiger charge is -2.34. The van der Waals surface area contributed by atoms with Crippen LogP contribution in [0.5, 0.6) is 0 Å². The molecule has 2 aromatic heterocycles. The lowest BCUT2D eigenvalue weighted by atomic mass is 10.1. The lowest BCUT2D eigenvalue weighted by molar-refractivity contribution is -0.122. The number of carbonyl (C=O) groups is 1. The Morgan fingerprint density at radius 3 is 2.78 bits per heavy atom. The molecule has 7 nitrogen and oxygen atoms in total. The summed E-state index contributed by atoms with van der Waals surface area (Å²) in [4.78, 5) is 19.3. The SMILES string of the molecule is O=C(Cn1ncc2ccccc21)NC[C@H](c1ccccn1)N1CCOCC1. The minimum Gasteiger partial charge on any atom is -0.379 e. The third kappa shape index (κ3) is 4.15. The molecule has 1 amide bonds. The van der Waals surface area contributed by atoms with Gasteiger partial charge < -0.3 is 10.1 Å². The van der Waals surface area contributed by atoms with Crippen molar-refractivity contribution >= 4 is 16.8 Å². The van der Waals surface area contributed by atoms with Crippen LogP contribution in [0, 0.1) is 0 Å². The van der Waals surface area contributed by atoms with Gasteiger partial charge in [0, 0.05) is 31.2 Å². The molecular formula is C20H23N5O2. The summed E-state index contributed by atoms with van der Waals surface area (Å²) in [6.07, 6.45) is 3.58. The average molecular weight is 365 g/mol. The zero-order chi connectivity index (χ0) is 18.5. The Hall–Kier alpha value is -2.77. The van der Waals surface area contributed by atoms with E-state index >= 15 is 0 Å². The van der Waals surface area contributed by atoms with Gasteiger partial charge in [0.15, 0.2) is 0 Å².